The summed E-state index contributed by atoms with van der Waals surface area (Å²) >= 11 is 4.11. The van der Waals surface area contributed by atoms with Gasteiger partial charge in [0.15, 0.2) is 17.9 Å². The summed E-state index contributed by atoms with van der Waals surface area (Å²) in [5.41, 5.74) is 38.2. The lowest BCUT2D eigenvalue weighted by Gasteiger charge is -2.33. The van der Waals surface area contributed by atoms with Gasteiger partial charge >= 0.3 is 5.97 Å². The smallest absolute Gasteiger partial charge is 0.326 e. The summed E-state index contributed by atoms with van der Waals surface area (Å²) in [6, 6.07) is -10.9. The van der Waals surface area contributed by atoms with Crippen LogP contribution in [0.15, 0.2) is 15.0 Å². The van der Waals surface area contributed by atoms with Gasteiger partial charge in [-0.05, 0) is 72.1 Å². The lowest BCUT2D eigenvalue weighted by molar-refractivity contribution is -0.148. The second-order valence-corrected chi connectivity index (χ2v) is 18.1. The van der Waals surface area contributed by atoms with Gasteiger partial charge in [-0.2, -0.15) is 12.6 Å². The van der Waals surface area contributed by atoms with E-state index in [4.69, 9.17) is 40.1 Å². The molecule has 0 unspecified atom stereocenters. The first-order chi connectivity index (χ1) is 34.8. The number of β-amino-alcohol motifs (C(OH)–C–C–N with tert-alkyl or cyclic N) is 1. The zero-order chi connectivity index (χ0) is 55.8. The number of aliphatic imine (C=N–C) groups is 3. The van der Waals surface area contributed by atoms with Crippen LogP contribution in [0.3, 0.4) is 0 Å². The third kappa shape index (κ3) is 21.5. The fourth-order valence-corrected chi connectivity index (χ4v) is 7.91. The summed E-state index contributed by atoms with van der Waals surface area (Å²) in [6.45, 7) is 3.59. The van der Waals surface area contributed by atoms with Gasteiger partial charge in [-0.25, -0.2) is 4.79 Å². The number of guanidine groups is 3. The number of carbonyl (C=O) groups excluding carboxylic acids is 9. The van der Waals surface area contributed by atoms with Crippen molar-refractivity contribution < 1.29 is 58.2 Å². The SMILES string of the molecule is C[C@H](NC(=O)CNC(=O)[C@@H]1C[C@@H](O)CN1C(=O)[C@@H]1CCCN1C(=O)[C@H](CCCN=C(N)N)NC(=O)[C@H](N)CCCN=C(N)N)C(=O)N[C@@H](CS)C(=O)N[C@H](C)C(=O)N[C@@H](C)C(=O)N[C@@H](CCCN=C(N)N)C(=O)O. The number of nitrogens with two attached hydrogens (primary N) is 7. The molecule has 2 aliphatic rings. The number of carbonyl (C=O) groups is 10. The number of aliphatic carboxylic acids is 1. The molecule has 23 N–H and O–H groups in total. The minimum Gasteiger partial charge on any atom is -0.480 e. The van der Waals surface area contributed by atoms with E-state index in [1.807, 2.05) is 0 Å². The number of rotatable bonds is 30. The van der Waals surface area contributed by atoms with E-state index in [2.05, 4.69) is 64.8 Å². The molecule has 0 saturated carbocycles. The summed E-state index contributed by atoms with van der Waals surface area (Å²) in [4.78, 5) is 145. The fraction of sp³-hybridized carbons (Fsp3) is 0.690. The number of amides is 9. The predicted octanol–water partition coefficient (Wildman–Crippen LogP) is -8.47. The summed E-state index contributed by atoms with van der Waals surface area (Å²) < 4.78 is 0. The fourth-order valence-electron chi connectivity index (χ4n) is 7.65. The van der Waals surface area contributed by atoms with Crippen molar-refractivity contribution >= 4 is 89.6 Å². The molecule has 0 aromatic heterocycles. The standard InChI is InChI=1S/C42H75N19O12S/c1-20(32(65)59-27(19-74)35(68)56-21(2)31(64)55-22(3)33(66)58-26(39(72)73)10-6-14-52-42(48)49)54-30(63)17-53-36(69)29-16-23(62)18-61(29)38(71)28-11-7-15-60(28)37(70)25(9-5-13-51-41(46)47)57-34(67)24(43)8-4-12-50-40(44)45/h20-29,62,74H,4-19,43H2,1-3H3,(H,53,69)(H,54,63)(H,55,64)(H,56,68)(H,57,67)(H,58,66)(H,59,65)(H,72,73)(H4,44,45,50)(H4,46,47,51)(H4,48,49,52)/t20-,21+,22-,23+,24+,25-,26-,27-,28-,29-/m0/s1. The largest absolute Gasteiger partial charge is 0.480 e. The average Bonchev–Trinajstić information content (AvgIpc) is 3.99. The Balaban J connectivity index is 1.99. The summed E-state index contributed by atoms with van der Waals surface area (Å²) in [7, 11) is 0. The van der Waals surface area contributed by atoms with Crippen LogP contribution in [-0.4, -0.2) is 203 Å². The van der Waals surface area contributed by atoms with E-state index in [1.165, 1.54) is 25.7 Å². The molecule has 2 rings (SSSR count). The Bertz CT molecular complexity index is 2090. The van der Waals surface area contributed by atoms with E-state index in [-0.39, 0.29) is 101 Å². The highest BCUT2D eigenvalue weighted by Crippen LogP contribution is 2.26. The molecular formula is C42H75N19O12S. The Morgan fingerprint density at radius 1 is 0.622 bits per heavy atom. The topological polar surface area (TPSA) is 521 Å². The lowest BCUT2D eigenvalue weighted by atomic mass is 10.1. The minimum atomic E-state index is -1.32. The van der Waals surface area contributed by atoms with E-state index < -0.39 is 126 Å². The monoisotopic (exact) mass is 1070 g/mol. The Morgan fingerprint density at radius 2 is 1.09 bits per heavy atom. The van der Waals surface area contributed by atoms with Crippen LogP contribution < -0.4 is 77.4 Å². The number of nitrogens with one attached hydrogen (secondary N) is 7. The maximum atomic E-state index is 14.1. The highest BCUT2D eigenvalue weighted by atomic mass is 32.1. The average molecular weight is 1070 g/mol. The summed E-state index contributed by atoms with van der Waals surface area (Å²) in [5, 5.41) is 37.0. The third-order valence-corrected chi connectivity index (χ3v) is 12.0. The van der Waals surface area contributed by atoms with Crippen molar-refractivity contribution in [1.82, 2.24) is 47.0 Å². The first-order valence-electron chi connectivity index (χ1n) is 23.9. The molecule has 2 heterocycles. The number of aliphatic hydroxyl groups excluding tert-OH is 1. The van der Waals surface area contributed by atoms with Crippen molar-refractivity contribution in [3.05, 3.63) is 0 Å². The van der Waals surface area contributed by atoms with Crippen molar-refractivity contribution in [3.8, 4) is 0 Å². The molecule has 10 atom stereocenters. The summed E-state index contributed by atoms with van der Waals surface area (Å²) in [5.74, 6) is -8.89. The number of thiol groups is 1. The van der Waals surface area contributed by atoms with E-state index in [0.29, 0.717) is 12.8 Å². The van der Waals surface area contributed by atoms with Crippen LogP contribution in [0, 0.1) is 0 Å². The first-order valence-corrected chi connectivity index (χ1v) is 24.5. The molecule has 416 valence electrons. The second kappa shape index (κ2) is 31.4. The molecular weight excluding hydrogens is 995 g/mol. The van der Waals surface area contributed by atoms with Gasteiger partial charge in [-0.3, -0.25) is 58.1 Å². The molecule has 2 fully saturated rings. The number of aliphatic hydroxyl groups is 1. The number of carboxylic acid groups (broad SMARTS) is 1. The lowest BCUT2D eigenvalue weighted by Crippen LogP contribution is -2.58. The van der Waals surface area contributed by atoms with Crippen molar-refractivity contribution in [2.75, 3.05) is 45.0 Å². The highest BCUT2D eigenvalue weighted by Gasteiger charge is 2.46. The van der Waals surface area contributed by atoms with E-state index >= 15 is 0 Å². The molecule has 2 saturated heterocycles. The molecule has 0 aromatic carbocycles. The van der Waals surface area contributed by atoms with E-state index in [1.54, 1.807) is 0 Å². The first kappa shape index (κ1) is 62.9. The third-order valence-electron chi connectivity index (χ3n) is 11.6. The molecule has 0 bridgehead atoms. The zero-order valence-corrected chi connectivity index (χ0v) is 42.7. The minimum absolute atomic E-state index is 0.00902. The molecule has 9 amide bonds. The number of hydrogen-bond acceptors (Lipinski definition) is 16. The number of likely N-dealkylation sites (tertiary alicyclic amines) is 2. The van der Waals surface area contributed by atoms with Crippen LogP contribution in [0.2, 0.25) is 0 Å². The number of carboxylic acids is 1. The Kier molecular flexibility index (Phi) is 26.7. The summed E-state index contributed by atoms with van der Waals surface area (Å²) in [6.07, 6.45) is 0.441. The van der Waals surface area contributed by atoms with Gasteiger partial charge in [0, 0.05) is 44.9 Å². The number of nitrogens with zero attached hydrogens (tertiary/aromatic N) is 5. The molecule has 2 aliphatic heterocycles. The van der Waals surface area contributed by atoms with Crippen LogP contribution in [0.1, 0.15) is 78.6 Å². The van der Waals surface area contributed by atoms with Crippen molar-refractivity contribution in [2.45, 2.75) is 139 Å². The van der Waals surface area contributed by atoms with Crippen LogP contribution >= 0.6 is 12.6 Å². The van der Waals surface area contributed by atoms with Gasteiger partial charge in [0.1, 0.15) is 48.3 Å². The van der Waals surface area contributed by atoms with Gasteiger partial charge in [0.05, 0.1) is 18.7 Å². The van der Waals surface area contributed by atoms with Crippen molar-refractivity contribution in [3.63, 3.8) is 0 Å². The Morgan fingerprint density at radius 3 is 1.62 bits per heavy atom. The molecule has 0 aliphatic carbocycles. The second-order valence-electron chi connectivity index (χ2n) is 17.7. The van der Waals surface area contributed by atoms with Gasteiger partial charge in [0.25, 0.3) is 0 Å². The number of hydrogen-bond donors (Lipinski definition) is 17. The molecule has 74 heavy (non-hydrogen) atoms. The van der Waals surface area contributed by atoms with Gasteiger partial charge < -0.3 is 97.4 Å². The quantitative estimate of drug-likeness (QED) is 0.0137. The van der Waals surface area contributed by atoms with E-state index in [9.17, 15) is 58.2 Å². The van der Waals surface area contributed by atoms with Gasteiger partial charge in [0.2, 0.25) is 53.2 Å². The van der Waals surface area contributed by atoms with Crippen LogP contribution in [-0.2, 0) is 47.9 Å². The van der Waals surface area contributed by atoms with Gasteiger partial charge in [-0.1, -0.05) is 0 Å². The predicted molar refractivity (Wildman–Crippen MR) is 272 cm³/mol. The van der Waals surface area contributed by atoms with Crippen LogP contribution in [0.25, 0.3) is 0 Å². The van der Waals surface area contributed by atoms with Crippen LogP contribution in [0.5, 0.6) is 0 Å². The maximum Gasteiger partial charge on any atom is 0.326 e. The van der Waals surface area contributed by atoms with Gasteiger partial charge in [-0.15, -0.1) is 0 Å². The normalized spacial score (nSPS) is 18.8. The molecule has 32 heteroatoms. The highest BCUT2D eigenvalue weighted by molar-refractivity contribution is 7.80. The molecule has 0 aromatic rings. The Hall–Kier alpha value is -7.22. The van der Waals surface area contributed by atoms with Crippen LogP contribution in [0.4, 0.5) is 0 Å². The maximum absolute atomic E-state index is 14.1. The molecule has 31 nitrogen and oxygen atoms in total. The molecule has 0 radical (unpaired) electrons. The van der Waals surface area contributed by atoms with Crippen molar-refractivity contribution in [2.24, 2.45) is 55.1 Å². The molecule has 0 spiro atoms. The van der Waals surface area contributed by atoms with Crippen molar-refractivity contribution in [1.29, 1.82) is 0 Å². The van der Waals surface area contributed by atoms with E-state index in [0.717, 1.165) is 4.90 Å². The Labute approximate surface area is 432 Å². The zero-order valence-electron chi connectivity index (χ0n) is 41.8.